The molecule has 0 saturated carbocycles. The maximum Gasteiger partial charge on any atom is 0.418 e. The summed E-state index contributed by atoms with van der Waals surface area (Å²) in [6.45, 7) is 5.48. The molecule has 0 aliphatic carbocycles. The molecule has 1 aromatic carbocycles. The number of benzene rings is 1. The first kappa shape index (κ1) is 14.0. The van der Waals surface area contributed by atoms with Crippen molar-refractivity contribution in [3.63, 3.8) is 0 Å². The van der Waals surface area contributed by atoms with E-state index >= 15 is 0 Å². The van der Waals surface area contributed by atoms with Crippen LogP contribution in [0.4, 0.5) is 24.5 Å². The average Bonchev–Trinajstić information content (AvgIpc) is 2.26. The molecule has 0 spiro atoms. The Morgan fingerprint density at radius 2 is 1.74 bits per heavy atom. The summed E-state index contributed by atoms with van der Waals surface area (Å²) in [5, 5.41) is 0. The average molecular weight is 272 g/mol. The second-order valence-electron chi connectivity index (χ2n) is 5.63. The van der Waals surface area contributed by atoms with Crippen LogP contribution in [0.25, 0.3) is 0 Å². The number of nitrogens with zero attached hydrogens (tertiary/aromatic N) is 1. The molecule has 1 saturated heterocycles. The summed E-state index contributed by atoms with van der Waals surface area (Å²) < 4.78 is 39.3. The summed E-state index contributed by atoms with van der Waals surface area (Å²) in [5.41, 5.74) is 5.26. The van der Waals surface area contributed by atoms with Gasteiger partial charge in [0.1, 0.15) is 0 Å². The fourth-order valence-electron chi connectivity index (χ4n) is 2.92. The number of piperidine rings is 1. The molecule has 106 valence electrons. The van der Waals surface area contributed by atoms with Gasteiger partial charge in [0.05, 0.1) is 5.56 Å². The molecule has 1 aliphatic rings. The van der Waals surface area contributed by atoms with Crippen LogP contribution in [0.3, 0.4) is 0 Å². The van der Waals surface area contributed by atoms with Gasteiger partial charge in [-0.2, -0.15) is 13.2 Å². The molecule has 2 N–H and O–H groups in total. The summed E-state index contributed by atoms with van der Waals surface area (Å²) in [5.74, 6) is 0.810. The van der Waals surface area contributed by atoms with E-state index in [0.29, 0.717) is 24.9 Å². The second-order valence-corrected chi connectivity index (χ2v) is 5.63. The monoisotopic (exact) mass is 272 g/mol. The van der Waals surface area contributed by atoms with Gasteiger partial charge in [0, 0.05) is 24.5 Å². The number of anilines is 2. The van der Waals surface area contributed by atoms with E-state index in [1.54, 1.807) is 0 Å². The van der Waals surface area contributed by atoms with Crippen molar-refractivity contribution in [1.82, 2.24) is 0 Å². The van der Waals surface area contributed by atoms with Crippen LogP contribution in [0.1, 0.15) is 25.8 Å². The molecule has 2 rings (SSSR count). The molecule has 2 atom stereocenters. The lowest BCUT2D eigenvalue weighted by molar-refractivity contribution is -0.137. The number of halogens is 3. The Hall–Kier alpha value is -1.39. The van der Waals surface area contributed by atoms with Gasteiger partial charge in [0.25, 0.3) is 0 Å². The molecule has 1 aliphatic heterocycles. The number of nitrogens with two attached hydrogens (primary N) is 1. The van der Waals surface area contributed by atoms with Crippen LogP contribution in [-0.4, -0.2) is 13.1 Å². The molecule has 1 aromatic rings. The van der Waals surface area contributed by atoms with Gasteiger partial charge in [-0.1, -0.05) is 13.8 Å². The highest BCUT2D eigenvalue weighted by atomic mass is 19.4. The van der Waals surface area contributed by atoms with Crippen molar-refractivity contribution in [3.8, 4) is 0 Å². The molecule has 0 amide bonds. The molecule has 5 heteroatoms. The van der Waals surface area contributed by atoms with Crippen LogP contribution in [-0.2, 0) is 6.18 Å². The van der Waals surface area contributed by atoms with Crippen LogP contribution in [0, 0.1) is 11.8 Å². The van der Waals surface area contributed by atoms with Crippen molar-refractivity contribution in [3.05, 3.63) is 23.8 Å². The molecule has 0 bridgehead atoms. The third-order valence-electron chi connectivity index (χ3n) is 3.54. The SMILES string of the molecule is CC1CC(C)CN(c2ccc(N)cc2C(F)(F)F)C1. The normalized spacial score (nSPS) is 24.6. The van der Waals surface area contributed by atoms with Crippen molar-refractivity contribution in [2.45, 2.75) is 26.4 Å². The van der Waals surface area contributed by atoms with Gasteiger partial charge in [-0.3, -0.25) is 0 Å². The number of nitrogen functional groups attached to an aromatic ring is 1. The van der Waals surface area contributed by atoms with E-state index in [4.69, 9.17) is 5.73 Å². The van der Waals surface area contributed by atoms with Crippen LogP contribution in [0.2, 0.25) is 0 Å². The Morgan fingerprint density at radius 3 is 2.26 bits per heavy atom. The number of rotatable bonds is 1. The minimum atomic E-state index is -4.37. The van der Waals surface area contributed by atoms with Crippen molar-refractivity contribution >= 4 is 11.4 Å². The summed E-state index contributed by atoms with van der Waals surface area (Å²) in [6, 6.07) is 4.05. The zero-order valence-corrected chi connectivity index (χ0v) is 11.2. The van der Waals surface area contributed by atoms with Gasteiger partial charge < -0.3 is 10.6 Å². The summed E-state index contributed by atoms with van der Waals surface area (Å²) in [7, 11) is 0. The van der Waals surface area contributed by atoms with Gasteiger partial charge in [-0.25, -0.2) is 0 Å². The van der Waals surface area contributed by atoms with Gasteiger partial charge in [-0.05, 0) is 36.5 Å². The standard InChI is InChI=1S/C14H19F3N2/c1-9-5-10(2)8-19(7-9)13-4-3-11(18)6-12(13)14(15,16)17/h3-4,6,9-10H,5,7-8,18H2,1-2H3. The van der Waals surface area contributed by atoms with Gasteiger partial charge in [0.15, 0.2) is 0 Å². The predicted octanol–water partition coefficient (Wildman–Crippen LogP) is 3.77. The van der Waals surface area contributed by atoms with E-state index in [2.05, 4.69) is 13.8 Å². The quantitative estimate of drug-likeness (QED) is 0.788. The molecule has 0 aromatic heterocycles. The Bertz CT molecular complexity index is 446. The molecule has 1 heterocycles. The van der Waals surface area contributed by atoms with Crippen LogP contribution in [0.5, 0.6) is 0 Å². The van der Waals surface area contributed by atoms with Crippen LogP contribution in [0.15, 0.2) is 18.2 Å². The first-order valence-electron chi connectivity index (χ1n) is 6.49. The Morgan fingerprint density at radius 1 is 1.16 bits per heavy atom. The van der Waals surface area contributed by atoms with Crippen LogP contribution < -0.4 is 10.6 Å². The molecule has 2 unspecified atom stereocenters. The zero-order chi connectivity index (χ0) is 14.2. The first-order chi connectivity index (χ1) is 8.77. The maximum atomic E-state index is 13.1. The number of alkyl halides is 3. The van der Waals surface area contributed by atoms with Crippen molar-refractivity contribution in [2.24, 2.45) is 11.8 Å². The minimum absolute atomic E-state index is 0.147. The topological polar surface area (TPSA) is 29.3 Å². The lowest BCUT2D eigenvalue weighted by Gasteiger charge is -2.37. The van der Waals surface area contributed by atoms with E-state index in [9.17, 15) is 13.2 Å². The zero-order valence-electron chi connectivity index (χ0n) is 11.2. The van der Waals surface area contributed by atoms with E-state index in [-0.39, 0.29) is 11.4 Å². The molecule has 1 fully saturated rings. The lowest BCUT2D eigenvalue weighted by atomic mass is 9.91. The van der Waals surface area contributed by atoms with E-state index in [0.717, 1.165) is 12.5 Å². The second kappa shape index (κ2) is 4.94. The number of hydrogen-bond donors (Lipinski definition) is 1. The smallest absolute Gasteiger partial charge is 0.399 e. The molecule has 0 radical (unpaired) electrons. The van der Waals surface area contributed by atoms with Crippen molar-refractivity contribution in [2.75, 3.05) is 23.7 Å². The highest BCUT2D eigenvalue weighted by Crippen LogP contribution is 2.39. The highest BCUT2D eigenvalue weighted by Gasteiger charge is 2.36. The fraction of sp³-hybridized carbons (Fsp3) is 0.571. The molecule has 2 nitrogen and oxygen atoms in total. The maximum absolute atomic E-state index is 13.1. The number of hydrogen-bond acceptors (Lipinski definition) is 2. The third-order valence-corrected chi connectivity index (χ3v) is 3.54. The first-order valence-corrected chi connectivity index (χ1v) is 6.49. The van der Waals surface area contributed by atoms with Gasteiger partial charge in [-0.15, -0.1) is 0 Å². The molecule has 19 heavy (non-hydrogen) atoms. The largest absolute Gasteiger partial charge is 0.418 e. The minimum Gasteiger partial charge on any atom is -0.399 e. The predicted molar refractivity (Wildman–Crippen MR) is 71.0 cm³/mol. The molecular formula is C14H19F3N2. The van der Waals surface area contributed by atoms with Gasteiger partial charge >= 0.3 is 6.18 Å². The summed E-state index contributed by atoms with van der Waals surface area (Å²) in [6.07, 6.45) is -3.30. The molecular weight excluding hydrogens is 253 g/mol. The van der Waals surface area contributed by atoms with Crippen molar-refractivity contribution in [1.29, 1.82) is 0 Å². The Balaban J connectivity index is 2.39. The van der Waals surface area contributed by atoms with E-state index in [1.807, 2.05) is 4.90 Å². The fourth-order valence-corrected chi connectivity index (χ4v) is 2.92. The Kier molecular flexibility index (Phi) is 3.65. The van der Waals surface area contributed by atoms with E-state index in [1.165, 1.54) is 12.1 Å². The highest BCUT2D eigenvalue weighted by molar-refractivity contribution is 5.61. The summed E-state index contributed by atoms with van der Waals surface area (Å²) in [4.78, 5) is 1.83. The van der Waals surface area contributed by atoms with Gasteiger partial charge in [0.2, 0.25) is 0 Å². The Labute approximate surface area is 111 Å². The lowest BCUT2D eigenvalue weighted by Crippen LogP contribution is -2.39. The third kappa shape index (κ3) is 3.14. The van der Waals surface area contributed by atoms with E-state index < -0.39 is 11.7 Å². The van der Waals surface area contributed by atoms with Crippen molar-refractivity contribution < 1.29 is 13.2 Å². The van der Waals surface area contributed by atoms with Crippen LogP contribution >= 0.6 is 0 Å². The summed E-state index contributed by atoms with van der Waals surface area (Å²) >= 11 is 0.